The number of nitro groups is 3. The van der Waals surface area contributed by atoms with Gasteiger partial charge >= 0.3 is 0 Å². The van der Waals surface area contributed by atoms with E-state index in [1.54, 1.807) is 4.90 Å². The number of benzene rings is 3. The molecule has 139 valence electrons. The Morgan fingerprint density at radius 3 is 0.750 bits per heavy atom. The fraction of sp³-hybridized carbons (Fsp3) is 0. The highest BCUT2D eigenvalue weighted by Crippen LogP contribution is 2.36. The van der Waals surface area contributed by atoms with Gasteiger partial charge in [-0.3, -0.25) is 30.3 Å². The van der Waals surface area contributed by atoms with Crippen LogP contribution in [-0.2, 0) is 0 Å². The summed E-state index contributed by atoms with van der Waals surface area (Å²) in [6.07, 6.45) is 0. The van der Waals surface area contributed by atoms with Crippen LogP contribution in [-0.4, -0.2) is 14.8 Å². The summed E-state index contributed by atoms with van der Waals surface area (Å²) in [6.45, 7) is 0. The molecule has 28 heavy (non-hydrogen) atoms. The van der Waals surface area contributed by atoms with Gasteiger partial charge in [-0.1, -0.05) is 4.90 Å². The van der Waals surface area contributed by atoms with Crippen LogP contribution >= 0.6 is 0 Å². The van der Waals surface area contributed by atoms with Crippen LogP contribution in [0.5, 0.6) is 0 Å². The van der Waals surface area contributed by atoms with Gasteiger partial charge in [-0.2, -0.15) is 0 Å². The summed E-state index contributed by atoms with van der Waals surface area (Å²) in [5.74, 6) is 0. The van der Waals surface area contributed by atoms with Gasteiger partial charge in [0, 0.05) is 72.8 Å². The smallest absolute Gasteiger partial charge is 0.258 e. The molecule has 0 aromatic heterocycles. The number of nitrogens with zero attached hydrogens (tertiary/aromatic N) is 4. The average Bonchev–Trinajstić information content (AvgIpc) is 2.69. The molecular formula is C18H12N4O6+. The Kier molecular flexibility index (Phi) is 5.05. The summed E-state index contributed by atoms with van der Waals surface area (Å²) in [6, 6.07) is 17.2. The summed E-state index contributed by atoms with van der Waals surface area (Å²) in [7, 11) is 0. The van der Waals surface area contributed by atoms with Gasteiger partial charge in [-0.15, -0.1) is 0 Å². The van der Waals surface area contributed by atoms with Crippen molar-refractivity contribution in [1.29, 1.82) is 0 Å². The van der Waals surface area contributed by atoms with Gasteiger partial charge in [0.25, 0.3) is 17.1 Å². The number of nitro benzene ring substituents is 3. The van der Waals surface area contributed by atoms with Crippen LogP contribution < -0.4 is 4.90 Å². The van der Waals surface area contributed by atoms with Gasteiger partial charge in [-0.05, 0) is 0 Å². The first-order valence-corrected chi connectivity index (χ1v) is 7.90. The topological polar surface area (TPSA) is 135 Å². The summed E-state index contributed by atoms with van der Waals surface area (Å²) in [5.41, 5.74) is 1.39. The van der Waals surface area contributed by atoms with Crippen LogP contribution in [0.1, 0.15) is 0 Å². The highest BCUT2D eigenvalue weighted by Gasteiger charge is 2.28. The lowest BCUT2D eigenvalue weighted by Gasteiger charge is -2.10. The van der Waals surface area contributed by atoms with Crippen LogP contribution in [0.3, 0.4) is 0 Å². The maximum atomic E-state index is 10.9. The Morgan fingerprint density at radius 1 is 0.393 bits per heavy atom. The van der Waals surface area contributed by atoms with E-state index in [4.69, 9.17) is 0 Å². The number of hydrogen-bond acceptors (Lipinski definition) is 7. The number of rotatable bonds is 6. The second kappa shape index (κ2) is 7.60. The second-order valence-corrected chi connectivity index (χ2v) is 5.66. The van der Waals surface area contributed by atoms with E-state index in [0.717, 1.165) is 0 Å². The van der Waals surface area contributed by atoms with Gasteiger partial charge in [0.15, 0.2) is 17.1 Å². The minimum atomic E-state index is -0.522. The van der Waals surface area contributed by atoms with Crippen LogP contribution in [0.4, 0.5) is 34.1 Å². The van der Waals surface area contributed by atoms with Crippen molar-refractivity contribution in [2.75, 3.05) is 0 Å². The first kappa shape index (κ1) is 18.6. The summed E-state index contributed by atoms with van der Waals surface area (Å²) in [5, 5.41) is 32.7. The van der Waals surface area contributed by atoms with E-state index in [1.807, 2.05) is 0 Å². The Balaban J connectivity index is 2.08. The molecule has 0 aliphatic rings. The molecule has 0 spiro atoms. The Bertz CT molecular complexity index is 896. The molecule has 10 heteroatoms. The number of hydrogen-bond donors (Lipinski definition) is 0. The zero-order valence-electron chi connectivity index (χ0n) is 14.2. The molecule has 0 saturated heterocycles. The molecule has 0 amide bonds. The largest absolute Gasteiger partial charge is 0.269 e. The third-order valence-corrected chi connectivity index (χ3v) is 3.96. The molecule has 3 aromatic rings. The molecule has 1 radical (unpaired) electrons. The Labute approximate surface area is 157 Å². The third kappa shape index (κ3) is 3.81. The van der Waals surface area contributed by atoms with E-state index in [-0.39, 0.29) is 17.1 Å². The molecular weight excluding hydrogens is 368 g/mol. The van der Waals surface area contributed by atoms with Crippen LogP contribution in [0.2, 0.25) is 0 Å². The molecule has 0 aliphatic heterocycles. The lowest BCUT2D eigenvalue weighted by Crippen LogP contribution is -2.11. The molecule has 0 saturated carbocycles. The second-order valence-electron chi connectivity index (χ2n) is 5.66. The molecule has 0 atom stereocenters. The lowest BCUT2D eigenvalue weighted by molar-refractivity contribution is -0.385. The maximum absolute atomic E-state index is 10.9. The van der Waals surface area contributed by atoms with Gasteiger partial charge in [0.2, 0.25) is 0 Å². The van der Waals surface area contributed by atoms with E-state index in [0.29, 0.717) is 17.1 Å². The van der Waals surface area contributed by atoms with Crippen LogP contribution in [0, 0.1) is 30.3 Å². The lowest BCUT2D eigenvalue weighted by atomic mass is 10.1. The van der Waals surface area contributed by atoms with E-state index in [9.17, 15) is 30.3 Å². The Hall–Kier alpha value is -4.18. The van der Waals surface area contributed by atoms with Gasteiger partial charge < -0.3 is 0 Å². The van der Waals surface area contributed by atoms with Gasteiger partial charge in [0.1, 0.15) is 0 Å². The average molecular weight is 380 g/mol. The van der Waals surface area contributed by atoms with Gasteiger partial charge in [-0.25, -0.2) is 0 Å². The highest BCUT2D eigenvalue weighted by atomic mass is 16.6. The Morgan fingerprint density at radius 2 is 0.571 bits per heavy atom. The molecule has 0 unspecified atom stereocenters. The zero-order chi connectivity index (χ0) is 20.3. The van der Waals surface area contributed by atoms with E-state index in [1.165, 1.54) is 72.8 Å². The molecule has 0 bridgehead atoms. The predicted molar refractivity (Wildman–Crippen MR) is 100 cm³/mol. The molecule has 3 rings (SSSR count). The van der Waals surface area contributed by atoms with Crippen molar-refractivity contribution in [2.24, 2.45) is 0 Å². The number of non-ortho nitro benzene ring substituents is 3. The van der Waals surface area contributed by atoms with Crippen molar-refractivity contribution in [3.63, 3.8) is 0 Å². The van der Waals surface area contributed by atoms with Gasteiger partial charge in [0.05, 0.1) is 14.8 Å². The first-order valence-electron chi connectivity index (χ1n) is 7.90. The van der Waals surface area contributed by atoms with E-state index >= 15 is 0 Å². The number of anilines is 3. The van der Waals surface area contributed by atoms with Crippen molar-refractivity contribution >= 4 is 34.1 Å². The summed E-state index contributed by atoms with van der Waals surface area (Å²) in [4.78, 5) is 32.8. The highest BCUT2D eigenvalue weighted by molar-refractivity contribution is 5.67. The van der Waals surface area contributed by atoms with Crippen molar-refractivity contribution in [3.8, 4) is 0 Å². The standard InChI is InChI=1S/C18H12N4O6/c23-20(24)16-7-1-13(2-8-16)19(14-3-9-17(10-4-14)21(25)26)15-5-11-18(12-6-15)22(27)28/h1-12H/q+1. The third-order valence-electron chi connectivity index (χ3n) is 3.96. The van der Waals surface area contributed by atoms with Crippen molar-refractivity contribution in [2.45, 2.75) is 0 Å². The molecule has 0 aliphatic carbocycles. The molecule has 0 heterocycles. The van der Waals surface area contributed by atoms with Crippen molar-refractivity contribution in [1.82, 2.24) is 4.90 Å². The van der Waals surface area contributed by atoms with Crippen molar-refractivity contribution in [3.05, 3.63) is 103 Å². The predicted octanol–water partition coefficient (Wildman–Crippen LogP) is 4.85. The molecule has 3 aromatic carbocycles. The summed E-state index contributed by atoms with van der Waals surface area (Å²) < 4.78 is 0. The molecule has 10 nitrogen and oxygen atoms in total. The first-order chi connectivity index (χ1) is 13.4. The molecule has 0 fully saturated rings. The molecule has 0 N–H and O–H groups in total. The van der Waals surface area contributed by atoms with Crippen molar-refractivity contribution < 1.29 is 14.8 Å². The fourth-order valence-corrected chi connectivity index (χ4v) is 2.62. The summed E-state index contributed by atoms with van der Waals surface area (Å²) >= 11 is 0. The van der Waals surface area contributed by atoms with E-state index in [2.05, 4.69) is 0 Å². The quantitative estimate of drug-likeness (QED) is 0.341. The maximum Gasteiger partial charge on any atom is 0.269 e. The minimum Gasteiger partial charge on any atom is -0.258 e. The van der Waals surface area contributed by atoms with Crippen LogP contribution in [0.25, 0.3) is 0 Å². The monoisotopic (exact) mass is 380 g/mol. The SMILES string of the molecule is O=[N+]([O-])c1ccc([N+](c2ccc([N+](=O)[O-])cc2)c2ccc([N+](=O)[O-])cc2)cc1. The zero-order valence-corrected chi connectivity index (χ0v) is 14.2. The van der Waals surface area contributed by atoms with Crippen LogP contribution in [0.15, 0.2) is 72.8 Å². The minimum absolute atomic E-state index is 0.0869. The normalized spacial score (nSPS) is 10.6. The fourth-order valence-electron chi connectivity index (χ4n) is 2.62. The van der Waals surface area contributed by atoms with E-state index < -0.39 is 14.8 Å².